The summed E-state index contributed by atoms with van der Waals surface area (Å²) in [5, 5.41) is 8.02. The van der Waals surface area contributed by atoms with Crippen LogP contribution in [0.5, 0.6) is 0 Å². The van der Waals surface area contributed by atoms with Gasteiger partial charge in [0.2, 0.25) is 0 Å². The number of carbonyl (C=O) groups is 2. The monoisotopic (exact) mass is 818 g/mol. The predicted molar refractivity (Wildman–Crippen MR) is 217 cm³/mol. The number of halogens is 2. The SMILES string of the molecule is O=C(NCCCN1CCN(CCCNC(=O)c2cc(-c3ccc(Br)cc3)nc3ccccc23)CC1)c1cc(-c2ccc(Br)cc2)nc2ccccc12. The van der Waals surface area contributed by atoms with E-state index in [4.69, 9.17) is 9.97 Å². The van der Waals surface area contributed by atoms with E-state index in [1.54, 1.807) is 0 Å². The number of benzene rings is 4. The highest BCUT2D eigenvalue weighted by Gasteiger charge is 2.18. The number of nitrogens with one attached hydrogen (secondary N) is 2. The third-order valence-electron chi connectivity index (χ3n) is 9.54. The number of aromatic nitrogens is 2. The molecule has 6 aromatic rings. The fourth-order valence-electron chi connectivity index (χ4n) is 6.70. The second-order valence-electron chi connectivity index (χ2n) is 13.1. The molecule has 7 rings (SSSR count). The average molecular weight is 821 g/mol. The number of amides is 2. The number of pyridine rings is 2. The van der Waals surface area contributed by atoms with Gasteiger partial charge in [0.05, 0.1) is 33.5 Å². The fraction of sp³-hybridized carbons (Fsp3) is 0.238. The number of para-hydroxylation sites is 2. The van der Waals surface area contributed by atoms with Gasteiger partial charge in [-0.15, -0.1) is 0 Å². The highest BCUT2D eigenvalue weighted by Crippen LogP contribution is 2.27. The first-order valence-corrected chi connectivity index (χ1v) is 19.3. The molecule has 1 aliphatic heterocycles. The van der Waals surface area contributed by atoms with Crippen LogP contribution in [0.3, 0.4) is 0 Å². The van der Waals surface area contributed by atoms with Crippen molar-refractivity contribution in [2.45, 2.75) is 12.8 Å². The summed E-state index contributed by atoms with van der Waals surface area (Å²) < 4.78 is 2.00. The van der Waals surface area contributed by atoms with Gasteiger partial charge in [0.25, 0.3) is 11.8 Å². The lowest BCUT2D eigenvalue weighted by Gasteiger charge is -2.34. The van der Waals surface area contributed by atoms with Crippen molar-refractivity contribution < 1.29 is 9.59 Å². The lowest BCUT2D eigenvalue weighted by Crippen LogP contribution is -2.47. The first-order valence-electron chi connectivity index (χ1n) is 17.7. The molecule has 0 radical (unpaired) electrons. The highest BCUT2D eigenvalue weighted by atomic mass is 79.9. The number of fused-ring (bicyclic) bond motifs is 2. The number of piperazine rings is 1. The molecule has 0 bridgehead atoms. The van der Waals surface area contributed by atoms with Crippen LogP contribution in [0.4, 0.5) is 0 Å². The van der Waals surface area contributed by atoms with E-state index in [-0.39, 0.29) is 11.8 Å². The summed E-state index contributed by atoms with van der Waals surface area (Å²) in [7, 11) is 0. The van der Waals surface area contributed by atoms with Crippen LogP contribution in [0.1, 0.15) is 33.6 Å². The van der Waals surface area contributed by atoms with Crippen LogP contribution in [0.2, 0.25) is 0 Å². The zero-order chi connectivity index (χ0) is 35.9. The van der Waals surface area contributed by atoms with E-state index >= 15 is 0 Å². The quantitative estimate of drug-likeness (QED) is 0.121. The summed E-state index contributed by atoms with van der Waals surface area (Å²) >= 11 is 6.99. The van der Waals surface area contributed by atoms with Crippen LogP contribution in [0.15, 0.2) is 118 Å². The van der Waals surface area contributed by atoms with Crippen molar-refractivity contribution in [3.05, 3.63) is 129 Å². The van der Waals surface area contributed by atoms with Crippen LogP contribution >= 0.6 is 31.9 Å². The van der Waals surface area contributed by atoms with Gasteiger partial charge in [0.1, 0.15) is 0 Å². The molecule has 3 heterocycles. The van der Waals surface area contributed by atoms with Gasteiger partial charge in [0.15, 0.2) is 0 Å². The number of nitrogens with zero attached hydrogens (tertiary/aromatic N) is 4. The molecule has 0 unspecified atom stereocenters. The Morgan fingerprint density at radius 3 is 1.35 bits per heavy atom. The van der Waals surface area contributed by atoms with E-state index in [1.807, 2.05) is 109 Å². The van der Waals surface area contributed by atoms with Crippen LogP contribution in [-0.4, -0.2) is 83.9 Å². The van der Waals surface area contributed by atoms with Crippen LogP contribution < -0.4 is 10.6 Å². The first kappa shape index (κ1) is 35.9. The van der Waals surface area contributed by atoms with Crippen molar-refractivity contribution in [2.24, 2.45) is 0 Å². The molecule has 8 nitrogen and oxygen atoms in total. The molecule has 0 aliphatic carbocycles. The Kier molecular flexibility index (Phi) is 11.7. The lowest BCUT2D eigenvalue weighted by molar-refractivity contribution is 0.0936. The molecule has 2 amide bonds. The van der Waals surface area contributed by atoms with Gasteiger partial charge in [-0.2, -0.15) is 0 Å². The van der Waals surface area contributed by atoms with E-state index in [2.05, 4.69) is 52.3 Å². The molecule has 0 saturated carbocycles. The van der Waals surface area contributed by atoms with E-state index in [0.29, 0.717) is 24.2 Å². The van der Waals surface area contributed by atoms with Gasteiger partial charge >= 0.3 is 0 Å². The maximum Gasteiger partial charge on any atom is 0.252 e. The molecule has 0 spiro atoms. The zero-order valence-corrected chi connectivity index (χ0v) is 32.0. The van der Waals surface area contributed by atoms with Crippen molar-refractivity contribution in [1.82, 2.24) is 30.4 Å². The topological polar surface area (TPSA) is 90.5 Å². The van der Waals surface area contributed by atoms with Gasteiger partial charge in [-0.25, -0.2) is 9.97 Å². The van der Waals surface area contributed by atoms with E-state index < -0.39 is 0 Å². The predicted octanol–water partition coefficient (Wildman–Crippen LogP) is 8.20. The Morgan fingerprint density at radius 1 is 0.558 bits per heavy atom. The van der Waals surface area contributed by atoms with Crippen LogP contribution in [0.25, 0.3) is 44.3 Å². The Balaban J connectivity index is 0.847. The highest BCUT2D eigenvalue weighted by molar-refractivity contribution is 9.10. The second-order valence-corrected chi connectivity index (χ2v) is 14.9. The van der Waals surface area contributed by atoms with E-state index in [9.17, 15) is 9.59 Å². The zero-order valence-electron chi connectivity index (χ0n) is 28.8. The Hall–Kier alpha value is -4.48. The van der Waals surface area contributed by atoms with E-state index in [1.165, 1.54) is 0 Å². The van der Waals surface area contributed by atoms with Gasteiger partial charge < -0.3 is 20.4 Å². The Morgan fingerprint density at radius 2 is 0.942 bits per heavy atom. The molecule has 264 valence electrons. The summed E-state index contributed by atoms with van der Waals surface area (Å²) in [6.07, 6.45) is 1.77. The van der Waals surface area contributed by atoms with Crippen molar-refractivity contribution in [1.29, 1.82) is 0 Å². The van der Waals surface area contributed by atoms with Gasteiger partial charge in [-0.3, -0.25) is 9.59 Å². The van der Waals surface area contributed by atoms with Crippen molar-refractivity contribution in [2.75, 3.05) is 52.4 Å². The average Bonchev–Trinajstić information content (AvgIpc) is 3.18. The molecule has 2 aromatic heterocycles. The molecule has 10 heteroatoms. The van der Waals surface area contributed by atoms with Crippen molar-refractivity contribution in [3.8, 4) is 22.5 Å². The van der Waals surface area contributed by atoms with Crippen molar-refractivity contribution in [3.63, 3.8) is 0 Å². The second kappa shape index (κ2) is 16.9. The molecular weight excluding hydrogens is 780 g/mol. The minimum absolute atomic E-state index is 0.0731. The largest absolute Gasteiger partial charge is 0.352 e. The maximum absolute atomic E-state index is 13.4. The number of hydrogen-bond acceptors (Lipinski definition) is 6. The molecule has 1 fully saturated rings. The molecular formula is C42H40Br2N6O2. The summed E-state index contributed by atoms with van der Waals surface area (Å²) in [5.74, 6) is -0.146. The first-order chi connectivity index (χ1) is 25.4. The lowest BCUT2D eigenvalue weighted by atomic mass is 10.0. The molecule has 1 aliphatic rings. The molecule has 1 saturated heterocycles. The third kappa shape index (κ3) is 8.75. The Bertz CT molecular complexity index is 2030. The molecule has 4 aromatic carbocycles. The van der Waals surface area contributed by atoms with Crippen LogP contribution in [0, 0.1) is 0 Å². The summed E-state index contributed by atoms with van der Waals surface area (Å²) in [4.78, 5) is 41.3. The summed E-state index contributed by atoms with van der Waals surface area (Å²) in [6, 6.07) is 35.4. The van der Waals surface area contributed by atoms with Gasteiger partial charge in [-0.05, 0) is 74.5 Å². The van der Waals surface area contributed by atoms with Crippen LogP contribution in [-0.2, 0) is 0 Å². The van der Waals surface area contributed by atoms with Gasteiger partial charge in [-0.1, -0.05) is 92.5 Å². The number of rotatable bonds is 12. The number of carbonyl (C=O) groups excluding carboxylic acids is 2. The fourth-order valence-corrected chi connectivity index (χ4v) is 7.23. The molecule has 52 heavy (non-hydrogen) atoms. The summed E-state index contributed by atoms with van der Waals surface area (Å²) in [6.45, 7) is 7.07. The maximum atomic E-state index is 13.4. The smallest absolute Gasteiger partial charge is 0.252 e. The van der Waals surface area contributed by atoms with Gasteiger partial charge in [0, 0.05) is 70.1 Å². The number of hydrogen-bond donors (Lipinski definition) is 2. The van der Waals surface area contributed by atoms with E-state index in [0.717, 1.165) is 105 Å². The van der Waals surface area contributed by atoms with Crippen molar-refractivity contribution >= 4 is 65.5 Å². The molecule has 2 N–H and O–H groups in total. The Labute approximate surface area is 320 Å². The summed E-state index contributed by atoms with van der Waals surface area (Å²) in [5.41, 5.74) is 6.41. The third-order valence-corrected chi connectivity index (χ3v) is 10.6. The normalized spacial score (nSPS) is 13.7. The minimum Gasteiger partial charge on any atom is -0.352 e. The minimum atomic E-state index is -0.0731. The standard InChI is InChI=1S/C42H40Br2N6O2/c43-31-15-11-29(12-16-31)39-27-35(33-7-1-3-9-37(33)47-39)41(51)45-19-5-21-49-23-25-50(26-24-49)22-6-20-46-42(52)36-28-40(30-13-17-32(44)18-14-30)48-38-10-4-2-8-34(36)38/h1-4,7-18,27-28H,5-6,19-26H2,(H,45,51)(H,46,52). The molecule has 0 atom stereocenters.